The highest BCUT2D eigenvalue weighted by atomic mass is 79.9. The minimum absolute atomic E-state index is 0.162. The van der Waals surface area contributed by atoms with E-state index in [2.05, 4.69) is 20.7 Å². The average molecular weight is 508 g/mol. The lowest BCUT2D eigenvalue weighted by molar-refractivity contribution is 0.0692. The number of anilines is 1. The maximum Gasteiger partial charge on any atom is 0.343 e. The van der Waals surface area contributed by atoms with Gasteiger partial charge in [0.25, 0.3) is 10.0 Å². The number of hydrogen-bond donors (Lipinski definition) is 1. The monoisotopic (exact) mass is 507 g/mol. The Morgan fingerprint density at radius 1 is 0.968 bits per heavy atom. The Morgan fingerprint density at radius 3 is 2.48 bits per heavy atom. The van der Waals surface area contributed by atoms with Gasteiger partial charge in [0.15, 0.2) is 17.4 Å². The fourth-order valence-corrected chi connectivity index (χ4v) is 4.15. The number of hydrogen-bond acceptors (Lipinski definition) is 5. The molecule has 31 heavy (non-hydrogen) atoms. The minimum atomic E-state index is -3.94. The number of carbonyl (C=O) groups is 1. The van der Waals surface area contributed by atoms with Crippen molar-refractivity contribution in [3.05, 3.63) is 93.3 Å². The number of fused-ring (bicyclic) bond motifs is 1. The second kappa shape index (κ2) is 8.12. The third-order valence-corrected chi connectivity index (χ3v) is 5.88. The van der Waals surface area contributed by atoms with Crippen LogP contribution in [0.1, 0.15) is 15.9 Å². The standard InChI is InChI=1S/C21H12BrF2NO5S/c22-15-3-1-2-4-19(15)29-13-6-8-18-14(10-13)20(11-31(27,28)25-18)30-21(26)12-5-7-16(23)17(24)9-12/h1-11,25H. The fourth-order valence-electron chi connectivity index (χ4n) is 2.78. The van der Waals surface area contributed by atoms with Crippen molar-refractivity contribution in [1.82, 2.24) is 0 Å². The molecule has 3 aromatic rings. The molecule has 3 aromatic carbocycles. The molecule has 0 atom stereocenters. The zero-order valence-electron chi connectivity index (χ0n) is 15.4. The number of esters is 1. The zero-order chi connectivity index (χ0) is 22.2. The molecule has 0 amide bonds. The van der Waals surface area contributed by atoms with Gasteiger partial charge in [0, 0.05) is 5.56 Å². The highest BCUT2D eigenvalue weighted by Gasteiger charge is 2.26. The van der Waals surface area contributed by atoms with Crippen molar-refractivity contribution < 1.29 is 31.5 Å². The molecule has 0 bridgehead atoms. The van der Waals surface area contributed by atoms with Crippen molar-refractivity contribution in [2.24, 2.45) is 0 Å². The van der Waals surface area contributed by atoms with Crippen LogP contribution in [-0.2, 0) is 14.8 Å². The summed E-state index contributed by atoms with van der Waals surface area (Å²) in [7, 11) is -3.94. The summed E-state index contributed by atoms with van der Waals surface area (Å²) in [6.07, 6.45) is 0. The molecule has 1 aliphatic heterocycles. The van der Waals surface area contributed by atoms with E-state index in [1.54, 1.807) is 24.3 Å². The molecule has 0 aliphatic carbocycles. The summed E-state index contributed by atoms with van der Waals surface area (Å²) < 4.78 is 64.9. The summed E-state index contributed by atoms with van der Waals surface area (Å²) in [4.78, 5) is 12.4. The molecule has 0 spiro atoms. The number of benzene rings is 3. The quantitative estimate of drug-likeness (QED) is 0.476. The van der Waals surface area contributed by atoms with E-state index in [0.29, 0.717) is 22.0 Å². The predicted octanol–water partition coefficient (Wildman–Crippen LogP) is 5.43. The number of sulfonamides is 1. The second-order valence-electron chi connectivity index (χ2n) is 6.39. The molecule has 0 aromatic heterocycles. The Bertz CT molecular complexity index is 1340. The first-order valence-corrected chi connectivity index (χ1v) is 11.0. The van der Waals surface area contributed by atoms with Crippen molar-refractivity contribution in [1.29, 1.82) is 0 Å². The van der Waals surface area contributed by atoms with E-state index in [4.69, 9.17) is 9.47 Å². The van der Waals surface area contributed by atoms with Crippen LogP contribution in [0.5, 0.6) is 11.5 Å². The van der Waals surface area contributed by atoms with E-state index < -0.39 is 27.6 Å². The molecule has 0 saturated carbocycles. The van der Waals surface area contributed by atoms with Gasteiger partial charge in [-0.1, -0.05) is 12.1 Å². The summed E-state index contributed by atoms with van der Waals surface area (Å²) in [6, 6.07) is 14.1. The Kier molecular flexibility index (Phi) is 5.50. The van der Waals surface area contributed by atoms with Gasteiger partial charge in [-0.05, 0) is 64.5 Å². The van der Waals surface area contributed by atoms with Crippen LogP contribution in [0.25, 0.3) is 5.76 Å². The van der Waals surface area contributed by atoms with Crippen LogP contribution < -0.4 is 9.46 Å². The zero-order valence-corrected chi connectivity index (χ0v) is 17.8. The second-order valence-corrected chi connectivity index (χ2v) is 8.77. The normalized spacial score (nSPS) is 14.1. The summed E-state index contributed by atoms with van der Waals surface area (Å²) in [6.45, 7) is 0. The number of nitrogens with one attached hydrogen (secondary N) is 1. The van der Waals surface area contributed by atoms with Crippen LogP contribution >= 0.6 is 15.9 Å². The van der Waals surface area contributed by atoms with Gasteiger partial charge >= 0.3 is 5.97 Å². The van der Waals surface area contributed by atoms with E-state index in [9.17, 15) is 22.0 Å². The van der Waals surface area contributed by atoms with Gasteiger partial charge in [0.1, 0.15) is 11.5 Å². The number of rotatable bonds is 4. The Hall–Kier alpha value is -3.24. The number of para-hydroxylation sites is 1. The lowest BCUT2D eigenvalue weighted by Gasteiger charge is -2.20. The maximum atomic E-state index is 13.4. The smallest absolute Gasteiger partial charge is 0.343 e. The van der Waals surface area contributed by atoms with E-state index in [0.717, 1.165) is 17.5 Å². The summed E-state index contributed by atoms with van der Waals surface area (Å²) in [5, 5.41) is 0.731. The maximum absolute atomic E-state index is 13.4. The molecule has 0 radical (unpaired) electrons. The first-order chi connectivity index (χ1) is 14.7. The molecule has 0 unspecified atom stereocenters. The van der Waals surface area contributed by atoms with Crippen LogP contribution in [0, 0.1) is 11.6 Å². The van der Waals surface area contributed by atoms with Crippen molar-refractivity contribution in [3.63, 3.8) is 0 Å². The van der Waals surface area contributed by atoms with Crippen molar-refractivity contribution >= 4 is 43.4 Å². The summed E-state index contributed by atoms with van der Waals surface area (Å²) in [5.41, 5.74) is 0.114. The van der Waals surface area contributed by atoms with Crippen LogP contribution in [0.4, 0.5) is 14.5 Å². The molecule has 158 valence electrons. The molecule has 0 saturated heterocycles. The Labute approximate surface area is 184 Å². The minimum Gasteiger partial charge on any atom is -0.456 e. The van der Waals surface area contributed by atoms with Gasteiger partial charge in [-0.3, -0.25) is 4.72 Å². The van der Waals surface area contributed by atoms with Gasteiger partial charge in [-0.15, -0.1) is 0 Å². The molecular formula is C21H12BrF2NO5S. The molecule has 1 N–H and O–H groups in total. The van der Waals surface area contributed by atoms with Crippen LogP contribution in [0.2, 0.25) is 0 Å². The van der Waals surface area contributed by atoms with Crippen LogP contribution in [0.3, 0.4) is 0 Å². The average Bonchev–Trinajstić information content (AvgIpc) is 2.71. The van der Waals surface area contributed by atoms with Gasteiger partial charge < -0.3 is 9.47 Å². The largest absolute Gasteiger partial charge is 0.456 e. The molecule has 1 heterocycles. The van der Waals surface area contributed by atoms with Gasteiger partial charge in [-0.2, -0.15) is 0 Å². The lowest BCUT2D eigenvalue weighted by atomic mass is 10.1. The third-order valence-electron chi connectivity index (χ3n) is 4.19. The first-order valence-electron chi connectivity index (χ1n) is 8.70. The van der Waals surface area contributed by atoms with Gasteiger partial charge in [0.2, 0.25) is 0 Å². The third kappa shape index (κ3) is 4.59. The predicted molar refractivity (Wildman–Crippen MR) is 113 cm³/mol. The van der Waals surface area contributed by atoms with Crippen LogP contribution in [-0.4, -0.2) is 14.4 Å². The highest BCUT2D eigenvalue weighted by Crippen LogP contribution is 2.37. The molecule has 1 aliphatic rings. The van der Waals surface area contributed by atoms with E-state index >= 15 is 0 Å². The van der Waals surface area contributed by atoms with E-state index in [-0.39, 0.29) is 22.6 Å². The fraction of sp³-hybridized carbons (Fsp3) is 0. The van der Waals surface area contributed by atoms with E-state index in [1.165, 1.54) is 12.1 Å². The first kappa shape index (κ1) is 21.0. The van der Waals surface area contributed by atoms with Crippen molar-refractivity contribution in [3.8, 4) is 11.5 Å². The number of ether oxygens (including phenoxy) is 2. The number of carbonyl (C=O) groups excluding carboxylic acids is 1. The molecule has 6 nitrogen and oxygen atoms in total. The van der Waals surface area contributed by atoms with E-state index in [1.807, 2.05) is 6.07 Å². The van der Waals surface area contributed by atoms with Crippen LogP contribution in [0.15, 0.2) is 70.5 Å². The summed E-state index contributed by atoms with van der Waals surface area (Å²) >= 11 is 3.37. The van der Waals surface area contributed by atoms with Gasteiger partial charge in [-0.25, -0.2) is 22.0 Å². The molecule has 0 fully saturated rings. The SMILES string of the molecule is O=C(OC1=CS(=O)(=O)Nc2ccc(Oc3ccccc3Br)cc21)c1ccc(F)c(F)c1. The number of halogens is 3. The van der Waals surface area contributed by atoms with Crippen molar-refractivity contribution in [2.45, 2.75) is 0 Å². The van der Waals surface area contributed by atoms with Gasteiger partial charge in [0.05, 0.1) is 21.1 Å². The topological polar surface area (TPSA) is 81.7 Å². The molecule has 10 heteroatoms. The summed E-state index contributed by atoms with van der Waals surface area (Å²) in [5.74, 6) is -2.83. The molecular weight excluding hydrogens is 496 g/mol. The van der Waals surface area contributed by atoms with Crippen molar-refractivity contribution in [2.75, 3.05) is 4.72 Å². The Morgan fingerprint density at radius 2 is 1.74 bits per heavy atom. The highest BCUT2D eigenvalue weighted by molar-refractivity contribution is 9.10. The molecule has 4 rings (SSSR count). The lowest BCUT2D eigenvalue weighted by Crippen LogP contribution is -2.18. The Balaban J connectivity index is 1.68.